The largest absolute Gasteiger partial charge is 0.415 e. The molecule has 2 atom stereocenters. The smallest absolute Gasteiger partial charge is 0.204 e. The molecule has 0 bridgehead atoms. The molecular formula is C16H40O2Si3. The third kappa shape index (κ3) is 5.61. The van der Waals surface area contributed by atoms with Crippen LogP contribution in [0.15, 0.2) is 0 Å². The van der Waals surface area contributed by atoms with Crippen LogP contribution in [0.4, 0.5) is 0 Å². The first kappa shape index (κ1) is 21.6. The fourth-order valence-corrected chi connectivity index (χ4v) is 12.4. The molecule has 0 aliphatic carbocycles. The molecule has 2 unspecified atom stereocenters. The summed E-state index contributed by atoms with van der Waals surface area (Å²) in [4.78, 5) is 0. The molecule has 0 spiro atoms. The van der Waals surface area contributed by atoms with E-state index >= 15 is 0 Å². The summed E-state index contributed by atoms with van der Waals surface area (Å²) >= 11 is 0. The van der Waals surface area contributed by atoms with Gasteiger partial charge < -0.3 is 8.85 Å². The van der Waals surface area contributed by atoms with Crippen molar-refractivity contribution in [1.29, 1.82) is 0 Å². The molecule has 0 saturated heterocycles. The molecule has 5 heteroatoms. The molecule has 0 aromatic rings. The summed E-state index contributed by atoms with van der Waals surface area (Å²) in [6.07, 6.45) is 3.31. The minimum Gasteiger partial charge on any atom is -0.415 e. The Hall–Kier alpha value is 0.571. The SMILES string of the molecule is CCC(C)(O[Si](C)(C)C)[SiH](C)OC(CC)(CC)[Si](C)(C)C. The van der Waals surface area contributed by atoms with Crippen molar-refractivity contribution in [3.05, 3.63) is 0 Å². The number of hydrogen-bond donors (Lipinski definition) is 0. The average molecular weight is 349 g/mol. The maximum absolute atomic E-state index is 6.90. The first-order valence-corrected chi connectivity index (χ1v) is 17.8. The lowest BCUT2D eigenvalue weighted by molar-refractivity contribution is 0.0779. The van der Waals surface area contributed by atoms with Gasteiger partial charge in [0.2, 0.25) is 9.04 Å². The van der Waals surface area contributed by atoms with Crippen LogP contribution in [0.3, 0.4) is 0 Å². The minimum atomic E-state index is -1.55. The lowest BCUT2D eigenvalue weighted by Gasteiger charge is -2.49. The Morgan fingerprint density at radius 3 is 1.52 bits per heavy atom. The van der Waals surface area contributed by atoms with Gasteiger partial charge in [-0.15, -0.1) is 0 Å². The van der Waals surface area contributed by atoms with Gasteiger partial charge in [0.05, 0.1) is 13.3 Å². The molecular weight excluding hydrogens is 308 g/mol. The monoisotopic (exact) mass is 348 g/mol. The van der Waals surface area contributed by atoms with Crippen LogP contribution in [0.1, 0.15) is 47.0 Å². The van der Waals surface area contributed by atoms with E-state index < -0.39 is 25.4 Å². The summed E-state index contributed by atoms with van der Waals surface area (Å²) in [6, 6.07) is 0. The Kier molecular flexibility index (Phi) is 7.63. The highest BCUT2D eigenvalue weighted by atomic mass is 28.4. The van der Waals surface area contributed by atoms with E-state index in [0.717, 1.165) is 19.3 Å². The Balaban J connectivity index is 5.34. The van der Waals surface area contributed by atoms with Crippen LogP contribution >= 0.6 is 0 Å². The van der Waals surface area contributed by atoms with Crippen molar-refractivity contribution in [2.45, 2.75) is 103 Å². The highest BCUT2D eigenvalue weighted by molar-refractivity contribution is 6.79. The van der Waals surface area contributed by atoms with Gasteiger partial charge in [-0.3, -0.25) is 0 Å². The van der Waals surface area contributed by atoms with Crippen LogP contribution in [0.2, 0.25) is 45.8 Å². The van der Waals surface area contributed by atoms with Crippen molar-refractivity contribution >= 4 is 25.4 Å². The van der Waals surface area contributed by atoms with Crippen LogP contribution in [-0.2, 0) is 8.85 Å². The minimum absolute atomic E-state index is 0.0420. The normalized spacial score (nSPS) is 18.4. The second kappa shape index (κ2) is 7.43. The summed E-state index contributed by atoms with van der Waals surface area (Å²) in [5.41, 5.74) is 0. The van der Waals surface area contributed by atoms with Gasteiger partial charge in [0.1, 0.15) is 0 Å². The molecule has 0 heterocycles. The number of hydrogen-bond acceptors (Lipinski definition) is 2. The molecule has 0 aromatic carbocycles. The molecule has 0 aliphatic rings. The Morgan fingerprint density at radius 1 is 0.857 bits per heavy atom. The molecule has 0 amide bonds. The van der Waals surface area contributed by atoms with Crippen LogP contribution in [0, 0.1) is 0 Å². The zero-order valence-electron chi connectivity index (χ0n) is 16.5. The quantitative estimate of drug-likeness (QED) is 0.523. The van der Waals surface area contributed by atoms with E-state index in [9.17, 15) is 0 Å². The maximum atomic E-state index is 6.90. The van der Waals surface area contributed by atoms with E-state index in [4.69, 9.17) is 8.85 Å². The predicted octanol–water partition coefficient (Wildman–Crippen LogP) is 5.35. The molecule has 2 nitrogen and oxygen atoms in total. The van der Waals surface area contributed by atoms with E-state index in [1.54, 1.807) is 0 Å². The average Bonchev–Trinajstić information content (AvgIpc) is 2.31. The molecule has 0 aliphatic heterocycles. The van der Waals surface area contributed by atoms with Gasteiger partial charge in [-0.1, -0.05) is 40.4 Å². The van der Waals surface area contributed by atoms with Gasteiger partial charge in [-0.25, -0.2) is 0 Å². The molecule has 21 heavy (non-hydrogen) atoms. The van der Waals surface area contributed by atoms with E-state index in [2.05, 4.69) is 73.5 Å². The second-order valence-electron chi connectivity index (χ2n) is 8.59. The van der Waals surface area contributed by atoms with Crippen LogP contribution in [0.25, 0.3) is 0 Å². The summed E-state index contributed by atoms with van der Waals surface area (Å²) in [6.45, 7) is 25.7. The fourth-order valence-electron chi connectivity index (χ4n) is 3.26. The zero-order valence-corrected chi connectivity index (χ0v) is 19.7. The van der Waals surface area contributed by atoms with Crippen molar-refractivity contribution in [3.8, 4) is 0 Å². The second-order valence-corrected chi connectivity index (χ2v) is 21.2. The van der Waals surface area contributed by atoms with Crippen molar-refractivity contribution in [2.24, 2.45) is 0 Å². The summed E-state index contributed by atoms with van der Waals surface area (Å²) < 4.78 is 13.5. The van der Waals surface area contributed by atoms with Crippen molar-refractivity contribution in [1.82, 2.24) is 0 Å². The molecule has 0 aromatic heterocycles. The van der Waals surface area contributed by atoms with Gasteiger partial charge in [-0.05, 0) is 52.4 Å². The fraction of sp³-hybridized carbons (Fsp3) is 1.00. The molecule has 0 rings (SSSR count). The lowest BCUT2D eigenvalue weighted by atomic mass is 10.2. The highest BCUT2D eigenvalue weighted by Crippen LogP contribution is 2.36. The highest BCUT2D eigenvalue weighted by Gasteiger charge is 2.46. The van der Waals surface area contributed by atoms with Crippen molar-refractivity contribution < 1.29 is 8.85 Å². The zero-order chi connectivity index (χ0) is 17.1. The summed E-state index contributed by atoms with van der Waals surface area (Å²) in [5, 5.41) is 0.0670. The third-order valence-electron chi connectivity index (χ3n) is 5.01. The first-order valence-electron chi connectivity index (χ1n) is 8.65. The summed E-state index contributed by atoms with van der Waals surface area (Å²) in [5.74, 6) is 0. The lowest BCUT2D eigenvalue weighted by Crippen LogP contribution is -2.61. The van der Waals surface area contributed by atoms with Crippen LogP contribution in [0.5, 0.6) is 0 Å². The molecule has 0 N–H and O–H groups in total. The van der Waals surface area contributed by atoms with Gasteiger partial charge in [0, 0.05) is 5.22 Å². The van der Waals surface area contributed by atoms with Crippen molar-refractivity contribution in [2.75, 3.05) is 0 Å². The third-order valence-corrected chi connectivity index (χ3v) is 13.2. The van der Waals surface area contributed by atoms with Crippen molar-refractivity contribution in [3.63, 3.8) is 0 Å². The maximum Gasteiger partial charge on any atom is 0.204 e. The standard InChI is InChI=1S/C16H40O2Si3/c1-12-15(4,18-21(9,10)11)19(5)17-16(13-2,14-3)20(6,7)8/h19H,12-14H2,1-11H3. The van der Waals surface area contributed by atoms with Gasteiger partial charge in [0.15, 0.2) is 8.32 Å². The van der Waals surface area contributed by atoms with Crippen LogP contribution in [-0.4, -0.2) is 35.9 Å². The Morgan fingerprint density at radius 2 is 1.29 bits per heavy atom. The molecule has 0 saturated carbocycles. The van der Waals surface area contributed by atoms with E-state index in [0.29, 0.717) is 0 Å². The first-order chi connectivity index (χ1) is 9.27. The van der Waals surface area contributed by atoms with Crippen LogP contribution < -0.4 is 0 Å². The predicted molar refractivity (Wildman–Crippen MR) is 104 cm³/mol. The van der Waals surface area contributed by atoms with Gasteiger partial charge >= 0.3 is 0 Å². The number of rotatable bonds is 9. The topological polar surface area (TPSA) is 18.5 Å². The summed E-state index contributed by atoms with van der Waals surface area (Å²) in [7, 11) is -4.38. The Bertz CT molecular complexity index is 316. The van der Waals surface area contributed by atoms with E-state index in [1.807, 2.05) is 0 Å². The van der Waals surface area contributed by atoms with E-state index in [1.165, 1.54) is 0 Å². The van der Waals surface area contributed by atoms with E-state index in [-0.39, 0.29) is 10.4 Å². The molecule has 128 valence electrons. The van der Waals surface area contributed by atoms with Gasteiger partial charge in [0.25, 0.3) is 0 Å². The molecule has 0 radical (unpaired) electrons. The van der Waals surface area contributed by atoms with Gasteiger partial charge in [-0.2, -0.15) is 0 Å². The molecule has 0 fully saturated rings. The Labute approximate surface area is 137 Å².